The number of carbonyl (C=O) groups is 1. The number of nitrogens with two attached hydrogens (primary N) is 1. The standard InChI is InChI=1S/C13H13BrN2O/c1-8(15)13(17)16-12-5-3-9-6-11(14)4-2-10(9)7-12/h2-8H,15H2,1H3,(H,16,17)/t8-/m0/s1. The summed E-state index contributed by atoms with van der Waals surface area (Å²) in [6, 6.07) is 11.3. The fourth-order valence-electron chi connectivity index (χ4n) is 1.55. The van der Waals surface area contributed by atoms with Crippen LogP contribution in [0.15, 0.2) is 40.9 Å². The largest absolute Gasteiger partial charge is 0.325 e. The van der Waals surface area contributed by atoms with Crippen LogP contribution in [0.2, 0.25) is 0 Å². The van der Waals surface area contributed by atoms with E-state index in [0.717, 1.165) is 20.9 Å². The number of rotatable bonds is 2. The molecule has 0 fully saturated rings. The highest BCUT2D eigenvalue weighted by Crippen LogP contribution is 2.22. The molecule has 1 amide bonds. The Hall–Kier alpha value is -1.39. The zero-order valence-electron chi connectivity index (χ0n) is 9.41. The molecule has 0 saturated carbocycles. The number of amides is 1. The van der Waals surface area contributed by atoms with Gasteiger partial charge < -0.3 is 11.1 Å². The lowest BCUT2D eigenvalue weighted by Crippen LogP contribution is -2.32. The van der Waals surface area contributed by atoms with Crippen LogP contribution < -0.4 is 11.1 Å². The predicted octanol–water partition coefficient (Wildman–Crippen LogP) is 2.89. The highest BCUT2D eigenvalue weighted by molar-refractivity contribution is 9.10. The van der Waals surface area contributed by atoms with Gasteiger partial charge in [0.2, 0.25) is 5.91 Å². The highest BCUT2D eigenvalue weighted by atomic mass is 79.9. The van der Waals surface area contributed by atoms with Crippen molar-refractivity contribution in [1.82, 2.24) is 0 Å². The van der Waals surface area contributed by atoms with Gasteiger partial charge in [-0.15, -0.1) is 0 Å². The maximum absolute atomic E-state index is 11.5. The minimum Gasteiger partial charge on any atom is -0.325 e. The molecular formula is C13H13BrN2O. The lowest BCUT2D eigenvalue weighted by atomic mass is 10.1. The van der Waals surface area contributed by atoms with Gasteiger partial charge in [0.15, 0.2) is 0 Å². The quantitative estimate of drug-likeness (QED) is 0.894. The van der Waals surface area contributed by atoms with E-state index >= 15 is 0 Å². The molecule has 0 aliphatic carbocycles. The van der Waals surface area contributed by atoms with Crippen molar-refractivity contribution in [1.29, 1.82) is 0 Å². The van der Waals surface area contributed by atoms with E-state index in [1.165, 1.54) is 0 Å². The van der Waals surface area contributed by atoms with Crippen LogP contribution in [0.5, 0.6) is 0 Å². The van der Waals surface area contributed by atoms with Crippen molar-refractivity contribution in [2.75, 3.05) is 5.32 Å². The number of hydrogen-bond acceptors (Lipinski definition) is 2. The summed E-state index contributed by atoms with van der Waals surface area (Å²) in [5.41, 5.74) is 6.26. The summed E-state index contributed by atoms with van der Waals surface area (Å²) in [5, 5.41) is 4.98. The van der Waals surface area contributed by atoms with Crippen molar-refractivity contribution in [3.05, 3.63) is 40.9 Å². The summed E-state index contributed by atoms with van der Waals surface area (Å²) >= 11 is 3.42. The van der Waals surface area contributed by atoms with E-state index in [2.05, 4.69) is 21.2 Å². The zero-order chi connectivity index (χ0) is 12.4. The minimum atomic E-state index is -0.504. The molecule has 0 unspecified atom stereocenters. The molecule has 17 heavy (non-hydrogen) atoms. The van der Waals surface area contributed by atoms with Crippen molar-refractivity contribution in [2.45, 2.75) is 13.0 Å². The maximum atomic E-state index is 11.5. The van der Waals surface area contributed by atoms with E-state index in [9.17, 15) is 4.79 Å². The molecular weight excluding hydrogens is 280 g/mol. The third-order valence-corrected chi connectivity index (χ3v) is 2.98. The van der Waals surface area contributed by atoms with Gasteiger partial charge in [0.1, 0.15) is 0 Å². The first-order chi connectivity index (χ1) is 8.06. The number of fused-ring (bicyclic) bond motifs is 1. The van der Waals surface area contributed by atoms with Crippen LogP contribution in [0.1, 0.15) is 6.92 Å². The SMILES string of the molecule is C[C@H](N)C(=O)Nc1ccc2cc(Br)ccc2c1. The molecule has 3 nitrogen and oxygen atoms in total. The molecule has 3 N–H and O–H groups in total. The van der Waals surface area contributed by atoms with Crippen molar-refractivity contribution < 1.29 is 4.79 Å². The van der Waals surface area contributed by atoms with Crippen molar-refractivity contribution in [3.8, 4) is 0 Å². The Morgan fingerprint density at radius 3 is 2.59 bits per heavy atom. The van der Waals surface area contributed by atoms with Crippen LogP contribution in [-0.2, 0) is 4.79 Å². The molecule has 0 aromatic heterocycles. The summed E-state index contributed by atoms with van der Waals surface area (Å²) in [6.45, 7) is 1.66. The van der Waals surface area contributed by atoms with E-state index in [1.807, 2.05) is 36.4 Å². The molecule has 0 saturated heterocycles. The van der Waals surface area contributed by atoms with Crippen molar-refractivity contribution >= 4 is 38.3 Å². The average molecular weight is 293 g/mol. The minimum absolute atomic E-state index is 0.179. The number of halogens is 1. The second kappa shape index (κ2) is 4.85. The van der Waals surface area contributed by atoms with Gasteiger partial charge in [0.05, 0.1) is 6.04 Å². The summed E-state index contributed by atoms with van der Waals surface area (Å²) in [7, 11) is 0. The monoisotopic (exact) mass is 292 g/mol. The zero-order valence-corrected chi connectivity index (χ0v) is 11.0. The maximum Gasteiger partial charge on any atom is 0.240 e. The Balaban J connectivity index is 2.32. The van der Waals surface area contributed by atoms with Crippen LogP contribution in [-0.4, -0.2) is 11.9 Å². The third kappa shape index (κ3) is 2.84. The number of benzene rings is 2. The van der Waals surface area contributed by atoms with Crippen LogP contribution in [0.25, 0.3) is 10.8 Å². The third-order valence-electron chi connectivity index (χ3n) is 2.48. The summed E-state index contributed by atoms with van der Waals surface area (Å²) in [6.07, 6.45) is 0. The lowest BCUT2D eigenvalue weighted by Gasteiger charge is -2.08. The van der Waals surface area contributed by atoms with E-state index in [-0.39, 0.29) is 5.91 Å². The Labute approximate surface area is 108 Å². The molecule has 1 atom stereocenters. The second-order valence-electron chi connectivity index (χ2n) is 3.98. The van der Waals surface area contributed by atoms with Gasteiger partial charge in [-0.3, -0.25) is 4.79 Å². The Bertz CT molecular complexity index is 566. The highest BCUT2D eigenvalue weighted by Gasteiger charge is 2.07. The first-order valence-electron chi connectivity index (χ1n) is 5.32. The molecule has 0 aliphatic rings. The predicted molar refractivity (Wildman–Crippen MR) is 73.9 cm³/mol. The van der Waals surface area contributed by atoms with Gasteiger partial charge in [-0.2, -0.15) is 0 Å². The van der Waals surface area contributed by atoms with Gasteiger partial charge in [-0.1, -0.05) is 28.1 Å². The van der Waals surface area contributed by atoms with Gasteiger partial charge in [-0.05, 0) is 42.0 Å². The lowest BCUT2D eigenvalue weighted by molar-refractivity contribution is -0.117. The van der Waals surface area contributed by atoms with Gasteiger partial charge in [0.25, 0.3) is 0 Å². The molecule has 4 heteroatoms. The van der Waals surface area contributed by atoms with Gasteiger partial charge in [0, 0.05) is 10.2 Å². The summed E-state index contributed by atoms with van der Waals surface area (Å²) in [5.74, 6) is -0.179. The van der Waals surface area contributed by atoms with Crippen LogP contribution in [0.4, 0.5) is 5.69 Å². The average Bonchev–Trinajstić information content (AvgIpc) is 2.29. The molecule has 88 valence electrons. The Morgan fingerprint density at radius 1 is 1.24 bits per heavy atom. The van der Waals surface area contributed by atoms with Crippen LogP contribution in [0, 0.1) is 0 Å². The topological polar surface area (TPSA) is 55.1 Å². The smallest absolute Gasteiger partial charge is 0.240 e. The number of anilines is 1. The first-order valence-corrected chi connectivity index (χ1v) is 6.11. The molecule has 0 bridgehead atoms. The number of hydrogen-bond donors (Lipinski definition) is 2. The molecule has 0 aliphatic heterocycles. The summed E-state index contributed by atoms with van der Waals surface area (Å²) < 4.78 is 1.04. The van der Waals surface area contributed by atoms with E-state index in [4.69, 9.17) is 5.73 Å². The Morgan fingerprint density at radius 2 is 1.88 bits per heavy atom. The molecule has 2 rings (SSSR count). The van der Waals surface area contributed by atoms with Crippen LogP contribution in [0.3, 0.4) is 0 Å². The second-order valence-corrected chi connectivity index (χ2v) is 4.90. The molecule has 0 spiro atoms. The Kier molecular flexibility index (Phi) is 3.45. The summed E-state index contributed by atoms with van der Waals surface area (Å²) in [4.78, 5) is 11.5. The van der Waals surface area contributed by atoms with Crippen LogP contribution >= 0.6 is 15.9 Å². The van der Waals surface area contributed by atoms with E-state index in [0.29, 0.717) is 0 Å². The van der Waals surface area contributed by atoms with E-state index in [1.54, 1.807) is 6.92 Å². The number of carbonyl (C=O) groups excluding carboxylic acids is 1. The first kappa shape index (κ1) is 12.1. The molecule has 0 radical (unpaired) electrons. The van der Waals surface area contributed by atoms with Gasteiger partial charge in [-0.25, -0.2) is 0 Å². The number of nitrogens with one attached hydrogen (secondary N) is 1. The van der Waals surface area contributed by atoms with Gasteiger partial charge >= 0.3 is 0 Å². The van der Waals surface area contributed by atoms with E-state index < -0.39 is 6.04 Å². The fourth-order valence-corrected chi connectivity index (χ4v) is 1.93. The van der Waals surface area contributed by atoms with Crippen molar-refractivity contribution in [2.24, 2.45) is 5.73 Å². The normalized spacial score (nSPS) is 12.4. The molecule has 2 aromatic carbocycles. The van der Waals surface area contributed by atoms with Crippen molar-refractivity contribution in [3.63, 3.8) is 0 Å². The fraction of sp³-hybridized carbons (Fsp3) is 0.154. The molecule has 0 heterocycles. The molecule has 2 aromatic rings.